The zero-order valence-electron chi connectivity index (χ0n) is 3.48. The number of hydrogen-bond acceptors (Lipinski definition) is 2. The second kappa shape index (κ2) is 2.95. The third kappa shape index (κ3) is 3.74. The Bertz CT molecular complexity index is 63.7. The number of rotatable bonds is 1. The summed E-state index contributed by atoms with van der Waals surface area (Å²) in [6.07, 6.45) is 0. The molecule has 0 bridgehead atoms. The average Bonchev–Trinajstić information content (AvgIpc) is 1.35. The van der Waals surface area contributed by atoms with Gasteiger partial charge in [0.05, 0.1) is 6.07 Å². The molecule has 0 heterocycles. The van der Waals surface area contributed by atoms with E-state index < -0.39 is 0 Å². The summed E-state index contributed by atoms with van der Waals surface area (Å²) in [4.78, 5) is 0. The highest BCUT2D eigenvalue weighted by Gasteiger charge is 1.82. The summed E-state index contributed by atoms with van der Waals surface area (Å²) < 4.78 is 1.29. The molecule has 0 aliphatic carbocycles. The molecule has 0 aromatic heterocycles. The summed E-state index contributed by atoms with van der Waals surface area (Å²) in [6.45, 7) is 0.279. The first kappa shape index (κ1) is 5.74. The lowest BCUT2D eigenvalue weighted by Crippen LogP contribution is -2.02. The highest BCUT2D eigenvalue weighted by Crippen LogP contribution is 1.80. The van der Waals surface area contributed by atoms with Gasteiger partial charge >= 0.3 is 0 Å². The van der Waals surface area contributed by atoms with Crippen LogP contribution in [0, 0.1) is 11.3 Å². The molecule has 0 atom stereocenters. The van der Waals surface area contributed by atoms with Crippen LogP contribution in [0.1, 0.15) is 0 Å². The molecule has 6 heavy (non-hydrogen) atoms. The molecule has 0 spiro atoms. The van der Waals surface area contributed by atoms with E-state index in [1.807, 2.05) is 6.07 Å². The Balaban J connectivity index is 2.88. The molecule has 2 nitrogen and oxygen atoms in total. The highest BCUT2D eigenvalue weighted by molar-refractivity contribution is 6.13. The van der Waals surface area contributed by atoms with Gasteiger partial charge in [0.15, 0.2) is 0 Å². The average molecular weight is 105 g/mol. The molecular weight excluding hydrogens is 99.5 g/mol. The molecule has 0 radical (unpaired) electrons. The first-order valence-corrected chi connectivity index (χ1v) is 1.85. The summed E-state index contributed by atoms with van der Waals surface area (Å²) in [5.74, 6) is 0. The van der Waals surface area contributed by atoms with Crippen LogP contribution in [0.25, 0.3) is 0 Å². The monoisotopic (exact) mass is 104 g/mol. The van der Waals surface area contributed by atoms with Crippen LogP contribution in [-0.2, 0) is 0 Å². The minimum absolute atomic E-state index is 0.279. The van der Waals surface area contributed by atoms with Gasteiger partial charge in [0.1, 0.15) is 6.54 Å². The van der Waals surface area contributed by atoms with Gasteiger partial charge in [-0.2, -0.15) is 5.26 Å². The molecule has 0 N–H and O–H groups in total. The van der Waals surface area contributed by atoms with Gasteiger partial charge in [0.2, 0.25) is 0 Å². The van der Waals surface area contributed by atoms with Gasteiger partial charge in [-0.05, 0) is 11.8 Å². The van der Waals surface area contributed by atoms with E-state index in [0.29, 0.717) is 0 Å². The van der Waals surface area contributed by atoms with E-state index in [4.69, 9.17) is 17.0 Å². The zero-order chi connectivity index (χ0) is 4.99. The first-order valence-electron chi connectivity index (χ1n) is 1.51. The molecule has 0 unspecified atom stereocenters. The molecule has 0 amide bonds. The largest absolute Gasteiger partial charge is 0.209 e. The summed E-state index contributed by atoms with van der Waals surface area (Å²) in [5.41, 5.74) is 0. The van der Waals surface area contributed by atoms with Gasteiger partial charge in [-0.3, -0.25) is 0 Å². The van der Waals surface area contributed by atoms with Crippen molar-refractivity contribution in [2.45, 2.75) is 0 Å². The fourth-order valence-electron chi connectivity index (χ4n) is 0.0974. The van der Waals surface area contributed by atoms with Crippen LogP contribution in [0.4, 0.5) is 0 Å². The van der Waals surface area contributed by atoms with E-state index in [1.165, 1.54) is 4.42 Å². The van der Waals surface area contributed by atoms with Crippen molar-refractivity contribution in [2.75, 3.05) is 13.6 Å². The maximum absolute atomic E-state index is 7.86. The van der Waals surface area contributed by atoms with Gasteiger partial charge in [0.25, 0.3) is 0 Å². The van der Waals surface area contributed by atoms with Crippen LogP contribution in [0.2, 0.25) is 0 Å². The Morgan fingerprint density at radius 2 is 2.50 bits per heavy atom. The van der Waals surface area contributed by atoms with Crippen molar-refractivity contribution in [3.63, 3.8) is 0 Å². The maximum Gasteiger partial charge on any atom is 0.101 e. The quantitative estimate of drug-likeness (QED) is 0.360. The molecule has 0 saturated carbocycles. The van der Waals surface area contributed by atoms with Crippen molar-refractivity contribution in [3.05, 3.63) is 0 Å². The van der Waals surface area contributed by atoms with Crippen molar-refractivity contribution in [1.82, 2.24) is 4.42 Å². The summed E-state index contributed by atoms with van der Waals surface area (Å²) >= 11 is 5.19. The standard InChI is InChI=1S/C3H5ClN2/c1-6(4)3-2-5/h3H2,1H3. The lowest BCUT2D eigenvalue weighted by Gasteiger charge is -1.93. The molecule has 3 heteroatoms. The van der Waals surface area contributed by atoms with Crippen LogP contribution >= 0.6 is 11.8 Å². The lowest BCUT2D eigenvalue weighted by molar-refractivity contribution is 0.622. The molecule has 0 aromatic rings. The predicted octanol–water partition coefficient (Wildman–Crippen LogP) is 0.596. The highest BCUT2D eigenvalue weighted by atomic mass is 35.5. The molecule has 34 valence electrons. The molecule has 0 rings (SSSR count). The van der Waals surface area contributed by atoms with E-state index in [1.54, 1.807) is 7.05 Å². The van der Waals surface area contributed by atoms with Crippen molar-refractivity contribution in [3.8, 4) is 6.07 Å². The molecule has 0 aromatic carbocycles. The van der Waals surface area contributed by atoms with Gasteiger partial charge in [0, 0.05) is 7.05 Å². The summed E-state index contributed by atoms with van der Waals surface area (Å²) in [7, 11) is 1.63. The Kier molecular flexibility index (Phi) is 2.82. The van der Waals surface area contributed by atoms with Crippen molar-refractivity contribution in [2.24, 2.45) is 0 Å². The van der Waals surface area contributed by atoms with Gasteiger partial charge in [-0.25, -0.2) is 4.42 Å². The van der Waals surface area contributed by atoms with Crippen molar-refractivity contribution >= 4 is 11.8 Å². The SMILES string of the molecule is CN(Cl)CC#N. The third-order valence-electron chi connectivity index (χ3n) is 0.289. The van der Waals surface area contributed by atoms with Gasteiger partial charge in [-0.1, -0.05) is 0 Å². The topological polar surface area (TPSA) is 27.0 Å². The minimum Gasteiger partial charge on any atom is -0.209 e. The fourth-order valence-corrected chi connectivity index (χ4v) is 0.151. The van der Waals surface area contributed by atoms with E-state index in [9.17, 15) is 0 Å². The van der Waals surface area contributed by atoms with Crippen molar-refractivity contribution < 1.29 is 0 Å². The number of nitriles is 1. The normalized spacial score (nSPS) is 8.33. The van der Waals surface area contributed by atoms with Crippen LogP contribution in [0.5, 0.6) is 0 Å². The maximum atomic E-state index is 7.86. The van der Waals surface area contributed by atoms with Crippen molar-refractivity contribution in [1.29, 1.82) is 5.26 Å². The molecule has 0 aliphatic heterocycles. The van der Waals surface area contributed by atoms with Crippen LogP contribution in [0.3, 0.4) is 0 Å². The lowest BCUT2D eigenvalue weighted by atomic mass is 10.7. The van der Waals surface area contributed by atoms with E-state index >= 15 is 0 Å². The van der Waals surface area contributed by atoms with Crippen LogP contribution in [0.15, 0.2) is 0 Å². The second-order valence-corrected chi connectivity index (χ2v) is 1.50. The second-order valence-electron chi connectivity index (χ2n) is 0.921. The van der Waals surface area contributed by atoms with Crippen LogP contribution < -0.4 is 0 Å². The molecule has 0 saturated heterocycles. The van der Waals surface area contributed by atoms with E-state index in [0.717, 1.165) is 0 Å². The summed E-state index contributed by atoms with van der Waals surface area (Å²) in [5, 5.41) is 7.86. The van der Waals surface area contributed by atoms with E-state index in [2.05, 4.69) is 0 Å². The summed E-state index contributed by atoms with van der Waals surface area (Å²) in [6, 6.07) is 1.86. The Morgan fingerprint density at radius 3 is 2.50 bits per heavy atom. The fraction of sp³-hybridized carbons (Fsp3) is 0.667. The van der Waals surface area contributed by atoms with Gasteiger partial charge in [-0.15, -0.1) is 0 Å². The Hall–Kier alpha value is -0.260. The number of halogens is 1. The number of hydrogen-bond donors (Lipinski definition) is 0. The Morgan fingerprint density at radius 1 is 2.00 bits per heavy atom. The first-order chi connectivity index (χ1) is 2.77. The predicted molar refractivity (Wildman–Crippen MR) is 24.1 cm³/mol. The number of nitrogens with zero attached hydrogens (tertiary/aromatic N) is 2. The minimum atomic E-state index is 0.279. The zero-order valence-corrected chi connectivity index (χ0v) is 4.24. The smallest absolute Gasteiger partial charge is 0.101 e. The molecule has 0 aliphatic rings. The van der Waals surface area contributed by atoms with Crippen LogP contribution in [-0.4, -0.2) is 18.0 Å². The van der Waals surface area contributed by atoms with Gasteiger partial charge < -0.3 is 0 Å². The molecular formula is C3H5ClN2. The third-order valence-corrected chi connectivity index (χ3v) is 0.408. The van der Waals surface area contributed by atoms with E-state index in [-0.39, 0.29) is 6.54 Å². The Labute approximate surface area is 42.0 Å². The molecule has 0 fully saturated rings.